The van der Waals surface area contributed by atoms with Gasteiger partial charge in [-0.15, -0.1) is 11.3 Å². The first-order chi connectivity index (χ1) is 9.69. The summed E-state index contributed by atoms with van der Waals surface area (Å²) in [7, 11) is 0. The first-order valence-electron chi connectivity index (χ1n) is 7.13. The number of aliphatic hydroxyl groups excluding tert-OH is 1. The Bertz CT molecular complexity index is 431. The van der Waals surface area contributed by atoms with Crippen LogP contribution in [0.2, 0.25) is 0 Å². The molecule has 1 aromatic rings. The second-order valence-corrected chi connectivity index (χ2v) is 7.14. The average molecular weight is 316 g/mol. The van der Waals surface area contributed by atoms with Crippen molar-refractivity contribution in [3.05, 3.63) is 22.4 Å². The molecule has 1 amide bonds. The van der Waals surface area contributed by atoms with Crippen molar-refractivity contribution >= 4 is 17.2 Å². The van der Waals surface area contributed by atoms with E-state index in [-0.39, 0.29) is 12.8 Å². The Morgan fingerprint density at radius 3 is 2.67 bits per heavy atom. The summed E-state index contributed by atoms with van der Waals surface area (Å²) in [6.45, 7) is 2.92. The van der Waals surface area contributed by atoms with E-state index in [1.807, 2.05) is 17.5 Å². The van der Waals surface area contributed by atoms with E-state index in [4.69, 9.17) is 11.5 Å². The second kappa shape index (κ2) is 7.87. The van der Waals surface area contributed by atoms with Gasteiger partial charge >= 0.3 is 0 Å². The average Bonchev–Trinajstić information content (AvgIpc) is 2.85. The van der Waals surface area contributed by atoms with Crippen molar-refractivity contribution in [2.75, 3.05) is 0 Å². The van der Waals surface area contributed by atoms with Crippen molar-refractivity contribution in [1.29, 1.82) is 0 Å². The van der Waals surface area contributed by atoms with Crippen LogP contribution in [-0.4, -0.2) is 28.8 Å². The van der Waals surface area contributed by atoms with Crippen molar-refractivity contribution < 1.29 is 14.3 Å². The molecule has 0 fully saturated rings. The maximum atomic E-state index is 13.5. The first kappa shape index (κ1) is 18.1. The smallest absolute Gasteiger partial charge is 0.220 e. The van der Waals surface area contributed by atoms with Gasteiger partial charge < -0.3 is 16.6 Å². The van der Waals surface area contributed by atoms with Crippen LogP contribution in [0.15, 0.2) is 17.5 Å². The predicted octanol–water partition coefficient (Wildman–Crippen LogP) is 2.00. The lowest BCUT2D eigenvalue weighted by Crippen LogP contribution is -2.40. The summed E-state index contributed by atoms with van der Waals surface area (Å²) in [5.74, 6) is -1.06. The van der Waals surface area contributed by atoms with Gasteiger partial charge in [-0.1, -0.05) is 6.07 Å². The predicted molar refractivity (Wildman–Crippen MR) is 83.7 cm³/mol. The van der Waals surface area contributed by atoms with Crippen LogP contribution in [0, 0.1) is 5.92 Å². The third kappa shape index (κ3) is 7.02. The van der Waals surface area contributed by atoms with Crippen molar-refractivity contribution in [3.63, 3.8) is 0 Å². The molecular formula is C15H25FN2O2S. The fraction of sp³-hybridized carbons (Fsp3) is 0.667. The van der Waals surface area contributed by atoms with Gasteiger partial charge in [0.05, 0.1) is 6.10 Å². The molecule has 3 unspecified atom stereocenters. The number of rotatable bonds is 9. The molecular weight excluding hydrogens is 291 g/mol. The molecule has 0 saturated carbocycles. The van der Waals surface area contributed by atoms with Crippen LogP contribution in [0.25, 0.3) is 0 Å². The van der Waals surface area contributed by atoms with E-state index in [0.29, 0.717) is 12.8 Å². The largest absolute Gasteiger partial charge is 0.391 e. The zero-order chi connectivity index (χ0) is 16.0. The number of alkyl halides is 1. The van der Waals surface area contributed by atoms with Crippen LogP contribution in [0.5, 0.6) is 0 Å². The van der Waals surface area contributed by atoms with Crippen LogP contribution in [0.3, 0.4) is 0 Å². The van der Waals surface area contributed by atoms with E-state index in [1.165, 1.54) is 13.8 Å². The molecule has 0 aliphatic carbocycles. The molecule has 0 aliphatic rings. The van der Waals surface area contributed by atoms with Crippen molar-refractivity contribution in [3.8, 4) is 0 Å². The van der Waals surface area contributed by atoms with Gasteiger partial charge in [0.15, 0.2) is 0 Å². The van der Waals surface area contributed by atoms with E-state index in [0.717, 1.165) is 4.88 Å². The van der Waals surface area contributed by atoms with Gasteiger partial charge in [-0.05, 0) is 51.0 Å². The number of nitrogens with two attached hydrogens (primary N) is 2. The molecule has 4 nitrogen and oxygen atoms in total. The Labute approximate surface area is 129 Å². The molecule has 3 atom stereocenters. The second-order valence-electron chi connectivity index (χ2n) is 6.11. The molecule has 0 radical (unpaired) electrons. The molecule has 0 bridgehead atoms. The number of hydrogen-bond donors (Lipinski definition) is 3. The third-order valence-corrected chi connectivity index (χ3v) is 4.43. The van der Waals surface area contributed by atoms with Gasteiger partial charge in [0.2, 0.25) is 5.91 Å². The van der Waals surface area contributed by atoms with E-state index < -0.39 is 29.6 Å². The minimum atomic E-state index is -1.35. The summed E-state index contributed by atoms with van der Waals surface area (Å²) in [5.41, 5.74) is 9.96. The summed E-state index contributed by atoms with van der Waals surface area (Å²) < 4.78 is 13.5. The van der Waals surface area contributed by atoms with Gasteiger partial charge in [0, 0.05) is 16.8 Å². The molecule has 0 spiro atoms. The zero-order valence-corrected chi connectivity index (χ0v) is 13.4. The minimum Gasteiger partial charge on any atom is -0.391 e. The number of thiophene rings is 1. The monoisotopic (exact) mass is 316 g/mol. The molecule has 6 heteroatoms. The van der Waals surface area contributed by atoms with E-state index in [1.54, 1.807) is 11.3 Å². The highest BCUT2D eigenvalue weighted by atomic mass is 32.1. The first-order valence-corrected chi connectivity index (χ1v) is 8.01. The lowest BCUT2D eigenvalue weighted by molar-refractivity contribution is -0.123. The number of carbonyl (C=O) groups is 1. The third-order valence-electron chi connectivity index (χ3n) is 3.53. The number of hydrogen-bond acceptors (Lipinski definition) is 4. The van der Waals surface area contributed by atoms with Crippen LogP contribution in [0.1, 0.15) is 38.0 Å². The topological polar surface area (TPSA) is 89.3 Å². The van der Waals surface area contributed by atoms with Crippen molar-refractivity contribution in [2.24, 2.45) is 17.4 Å². The zero-order valence-electron chi connectivity index (χ0n) is 12.6. The van der Waals surface area contributed by atoms with Gasteiger partial charge in [-0.3, -0.25) is 4.79 Å². The Hall–Kier alpha value is -0.980. The van der Waals surface area contributed by atoms with E-state index >= 15 is 0 Å². The van der Waals surface area contributed by atoms with Crippen molar-refractivity contribution in [2.45, 2.75) is 57.3 Å². The van der Waals surface area contributed by atoms with Crippen LogP contribution in [-0.2, 0) is 11.2 Å². The molecule has 1 aromatic heterocycles. The molecule has 1 rings (SSSR count). The van der Waals surface area contributed by atoms with Crippen molar-refractivity contribution in [1.82, 2.24) is 0 Å². The van der Waals surface area contributed by atoms with E-state index in [9.17, 15) is 14.3 Å². The van der Waals surface area contributed by atoms with Crippen LogP contribution in [0.4, 0.5) is 4.39 Å². The molecule has 0 aliphatic heterocycles. The summed E-state index contributed by atoms with van der Waals surface area (Å²) in [4.78, 5) is 12.5. The van der Waals surface area contributed by atoms with Crippen LogP contribution >= 0.6 is 11.3 Å². The minimum absolute atomic E-state index is 0.179. The maximum absolute atomic E-state index is 13.5. The number of carbonyl (C=O) groups excluding carboxylic acids is 1. The van der Waals surface area contributed by atoms with Gasteiger partial charge in [-0.2, -0.15) is 0 Å². The molecule has 21 heavy (non-hydrogen) atoms. The van der Waals surface area contributed by atoms with Crippen LogP contribution < -0.4 is 11.5 Å². The molecule has 5 N–H and O–H groups in total. The lowest BCUT2D eigenvalue weighted by atomic mass is 9.89. The highest BCUT2D eigenvalue weighted by Gasteiger charge is 2.26. The highest BCUT2D eigenvalue weighted by molar-refractivity contribution is 7.09. The normalized spacial score (nSPS) is 16.4. The summed E-state index contributed by atoms with van der Waals surface area (Å²) in [5, 5.41) is 12.1. The Morgan fingerprint density at radius 1 is 1.52 bits per heavy atom. The Kier molecular flexibility index (Phi) is 6.77. The fourth-order valence-electron chi connectivity index (χ4n) is 2.16. The number of amides is 1. The standard InChI is InChI=1S/C15H25FN2O2S/c1-15(2,16)6-5-10(14(18)20)8-13(19)12(17)9-11-4-3-7-21-11/h3-4,7,10,12-13,19H,5-6,8-9,17H2,1-2H3,(H2,18,20). The van der Waals surface area contributed by atoms with E-state index in [2.05, 4.69) is 0 Å². The maximum Gasteiger partial charge on any atom is 0.220 e. The number of aliphatic hydroxyl groups is 1. The molecule has 0 aromatic carbocycles. The highest BCUT2D eigenvalue weighted by Crippen LogP contribution is 2.23. The summed E-state index contributed by atoms with van der Waals surface area (Å²) >= 11 is 1.58. The molecule has 120 valence electrons. The summed E-state index contributed by atoms with van der Waals surface area (Å²) in [6.07, 6.45) is 0.457. The summed E-state index contributed by atoms with van der Waals surface area (Å²) in [6, 6.07) is 3.42. The number of halogens is 1. The Morgan fingerprint density at radius 2 is 2.19 bits per heavy atom. The molecule has 0 saturated heterocycles. The van der Waals surface area contributed by atoms with Gasteiger partial charge in [0.1, 0.15) is 5.67 Å². The molecule has 1 heterocycles. The van der Waals surface area contributed by atoms with Gasteiger partial charge in [0.25, 0.3) is 0 Å². The van der Waals surface area contributed by atoms with Gasteiger partial charge in [-0.25, -0.2) is 4.39 Å². The quantitative estimate of drug-likeness (QED) is 0.651. The number of primary amides is 1. The fourth-order valence-corrected chi connectivity index (χ4v) is 2.93. The Balaban J connectivity index is 2.51. The SMILES string of the molecule is CC(C)(F)CCC(CC(O)C(N)Cc1cccs1)C(N)=O. The lowest BCUT2D eigenvalue weighted by Gasteiger charge is -2.24.